The van der Waals surface area contributed by atoms with E-state index in [0.717, 1.165) is 39.3 Å². The summed E-state index contributed by atoms with van der Waals surface area (Å²) in [4.78, 5) is 6.14. The van der Waals surface area contributed by atoms with Gasteiger partial charge in [-0.05, 0) is 43.0 Å². The molecule has 0 radical (unpaired) electrons. The molecule has 1 aliphatic heterocycles. The van der Waals surface area contributed by atoms with E-state index < -0.39 is 0 Å². The van der Waals surface area contributed by atoms with Gasteiger partial charge in [-0.15, -0.1) is 0 Å². The lowest BCUT2D eigenvalue weighted by atomic mass is 9.99. The van der Waals surface area contributed by atoms with Crippen molar-refractivity contribution in [2.24, 2.45) is 0 Å². The van der Waals surface area contributed by atoms with Gasteiger partial charge in [0.2, 0.25) is 0 Å². The lowest BCUT2D eigenvalue weighted by molar-refractivity contribution is 0.0385. The third-order valence-electron chi connectivity index (χ3n) is 5.08. The largest absolute Gasteiger partial charge is 0.379 e. The number of H-pyrrole nitrogens is 1. The molecule has 0 amide bonds. The normalized spacial score (nSPS) is 16.4. The number of fused-ring (bicyclic) bond motifs is 3. The minimum Gasteiger partial charge on any atom is -0.379 e. The first-order valence-corrected chi connectivity index (χ1v) is 8.53. The summed E-state index contributed by atoms with van der Waals surface area (Å²) in [7, 11) is 0. The van der Waals surface area contributed by atoms with Crippen molar-refractivity contribution in [3.8, 4) is 0 Å². The number of ether oxygens (including phenoxy) is 1. The molecule has 0 bridgehead atoms. The molecule has 3 aromatic rings. The van der Waals surface area contributed by atoms with Crippen molar-refractivity contribution in [1.29, 1.82) is 0 Å². The van der Waals surface area contributed by atoms with E-state index in [1.807, 2.05) is 0 Å². The van der Waals surface area contributed by atoms with Crippen LogP contribution in [0.4, 0.5) is 0 Å². The van der Waals surface area contributed by atoms with Crippen LogP contribution in [0.1, 0.15) is 16.7 Å². The van der Waals surface area contributed by atoms with Gasteiger partial charge in [0.25, 0.3) is 0 Å². The number of morpholine rings is 1. The van der Waals surface area contributed by atoms with Crippen molar-refractivity contribution >= 4 is 21.8 Å². The molecular weight excluding hydrogens is 284 g/mol. The highest BCUT2D eigenvalue weighted by Gasteiger charge is 2.14. The van der Waals surface area contributed by atoms with E-state index in [2.05, 4.69) is 54.1 Å². The molecule has 4 rings (SSSR count). The maximum atomic E-state index is 5.45. The third-order valence-corrected chi connectivity index (χ3v) is 5.08. The lowest BCUT2D eigenvalue weighted by Gasteiger charge is -2.26. The van der Waals surface area contributed by atoms with Crippen molar-refractivity contribution < 1.29 is 4.74 Å². The minimum absolute atomic E-state index is 0.871. The van der Waals surface area contributed by atoms with Gasteiger partial charge in [-0.25, -0.2) is 0 Å². The minimum atomic E-state index is 0.871. The Morgan fingerprint density at radius 3 is 2.61 bits per heavy atom. The topological polar surface area (TPSA) is 28.3 Å². The van der Waals surface area contributed by atoms with Crippen molar-refractivity contribution in [1.82, 2.24) is 9.88 Å². The number of aryl methyl sites for hydroxylation is 2. The summed E-state index contributed by atoms with van der Waals surface area (Å²) < 4.78 is 5.45. The smallest absolute Gasteiger partial charge is 0.0594 e. The van der Waals surface area contributed by atoms with Crippen molar-refractivity contribution in [3.63, 3.8) is 0 Å². The predicted octanol–water partition coefficient (Wildman–Crippen LogP) is 3.81. The number of rotatable bonds is 3. The Morgan fingerprint density at radius 1 is 1.00 bits per heavy atom. The monoisotopic (exact) mass is 308 g/mol. The Hall–Kier alpha value is -1.84. The Morgan fingerprint density at radius 2 is 1.78 bits per heavy atom. The second kappa shape index (κ2) is 5.99. The number of aromatic amines is 1. The summed E-state index contributed by atoms with van der Waals surface area (Å²) in [6, 6.07) is 11.1. The van der Waals surface area contributed by atoms with Gasteiger partial charge in [-0.2, -0.15) is 0 Å². The maximum absolute atomic E-state index is 5.45. The molecule has 1 fully saturated rings. The molecule has 0 atom stereocenters. The summed E-state index contributed by atoms with van der Waals surface area (Å²) in [5, 5.41) is 2.81. The van der Waals surface area contributed by atoms with E-state index in [0.29, 0.717) is 0 Å². The van der Waals surface area contributed by atoms with Crippen LogP contribution in [0.3, 0.4) is 0 Å². The summed E-state index contributed by atoms with van der Waals surface area (Å²) in [6.07, 6.45) is 1.09. The maximum Gasteiger partial charge on any atom is 0.0594 e. The fourth-order valence-electron chi connectivity index (χ4n) is 3.74. The van der Waals surface area contributed by atoms with Gasteiger partial charge in [-0.3, -0.25) is 4.90 Å². The van der Waals surface area contributed by atoms with Gasteiger partial charge in [0.1, 0.15) is 0 Å². The zero-order valence-corrected chi connectivity index (χ0v) is 14.0. The molecule has 0 spiro atoms. The molecule has 0 unspecified atom stereocenters. The molecule has 1 aromatic heterocycles. The Balaban J connectivity index is 1.75. The second-order valence-electron chi connectivity index (χ2n) is 6.62. The highest BCUT2D eigenvalue weighted by molar-refractivity contribution is 6.11. The zero-order valence-electron chi connectivity index (χ0n) is 14.0. The number of nitrogens with zero attached hydrogens (tertiary/aromatic N) is 1. The number of nitrogens with one attached hydrogen (secondary N) is 1. The molecule has 3 heteroatoms. The van der Waals surface area contributed by atoms with Crippen LogP contribution < -0.4 is 0 Å². The molecule has 0 aliphatic carbocycles. The number of aromatic nitrogens is 1. The third kappa shape index (κ3) is 2.64. The van der Waals surface area contributed by atoms with Crippen LogP contribution in [0.15, 0.2) is 30.3 Å². The van der Waals surface area contributed by atoms with Crippen LogP contribution in [0.25, 0.3) is 21.8 Å². The van der Waals surface area contributed by atoms with Gasteiger partial charge in [0.05, 0.1) is 13.2 Å². The van der Waals surface area contributed by atoms with Gasteiger partial charge in [0, 0.05) is 41.4 Å². The van der Waals surface area contributed by atoms with E-state index in [4.69, 9.17) is 4.74 Å². The zero-order chi connectivity index (χ0) is 15.8. The molecule has 1 N–H and O–H groups in total. The van der Waals surface area contributed by atoms with Crippen LogP contribution >= 0.6 is 0 Å². The van der Waals surface area contributed by atoms with E-state index in [9.17, 15) is 0 Å². The molecular formula is C20H24N2O. The van der Waals surface area contributed by atoms with Crippen LogP contribution in [0.5, 0.6) is 0 Å². The molecule has 2 aromatic carbocycles. The van der Waals surface area contributed by atoms with Crippen LogP contribution in [0.2, 0.25) is 0 Å². The first-order valence-electron chi connectivity index (χ1n) is 8.53. The Kier molecular flexibility index (Phi) is 3.83. The van der Waals surface area contributed by atoms with E-state index in [1.165, 1.54) is 38.5 Å². The SMILES string of the molecule is Cc1ccc(C)c2c1[nH]c1cccc(CCN3CCOCC3)c12. The average molecular weight is 308 g/mol. The predicted molar refractivity (Wildman–Crippen MR) is 96.2 cm³/mol. The van der Waals surface area contributed by atoms with Crippen LogP contribution in [-0.2, 0) is 11.2 Å². The highest BCUT2D eigenvalue weighted by Crippen LogP contribution is 2.32. The van der Waals surface area contributed by atoms with E-state index in [-0.39, 0.29) is 0 Å². The first kappa shape index (κ1) is 14.7. The second-order valence-corrected chi connectivity index (χ2v) is 6.62. The number of hydrogen-bond donors (Lipinski definition) is 1. The number of hydrogen-bond acceptors (Lipinski definition) is 2. The molecule has 120 valence electrons. The quantitative estimate of drug-likeness (QED) is 0.797. The summed E-state index contributed by atoms with van der Waals surface area (Å²) in [6.45, 7) is 9.37. The summed E-state index contributed by atoms with van der Waals surface area (Å²) in [5.41, 5.74) is 6.68. The molecule has 1 aliphatic rings. The highest BCUT2D eigenvalue weighted by atomic mass is 16.5. The first-order chi connectivity index (χ1) is 11.2. The standard InChI is InChI=1S/C20H24N2O/c1-14-6-7-15(2)20-18(14)19-16(4-3-5-17(19)21-20)8-9-22-10-12-23-13-11-22/h3-7,21H,8-13H2,1-2H3. The number of benzene rings is 2. The van der Waals surface area contributed by atoms with Crippen LogP contribution in [-0.4, -0.2) is 42.7 Å². The molecule has 0 saturated carbocycles. The van der Waals surface area contributed by atoms with E-state index >= 15 is 0 Å². The van der Waals surface area contributed by atoms with Gasteiger partial charge < -0.3 is 9.72 Å². The van der Waals surface area contributed by atoms with Crippen LogP contribution in [0, 0.1) is 13.8 Å². The van der Waals surface area contributed by atoms with Crippen molar-refractivity contribution in [2.75, 3.05) is 32.8 Å². The summed E-state index contributed by atoms with van der Waals surface area (Å²) >= 11 is 0. The Bertz CT molecular complexity index is 844. The van der Waals surface area contributed by atoms with Gasteiger partial charge in [-0.1, -0.05) is 24.3 Å². The van der Waals surface area contributed by atoms with Gasteiger partial charge >= 0.3 is 0 Å². The summed E-state index contributed by atoms with van der Waals surface area (Å²) in [5.74, 6) is 0. The lowest BCUT2D eigenvalue weighted by Crippen LogP contribution is -2.37. The van der Waals surface area contributed by atoms with Crippen molar-refractivity contribution in [3.05, 3.63) is 47.0 Å². The molecule has 3 nitrogen and oxygen atoms in total. The fraction of sp³-hybridized carbons (Fsp3) is 0.400. The van der Waals surface area contributed by atoms with Crippen molar-refractivity contribution in [2.45, 2.75) is 20.3 Å². The van der Waals surface area contributed by atoms with E-state index in [1.54, 1.807) is 0 Å². The van der Waals surface area contributed by atoms with Gasteiger partial charge in [0.15, 0.2) is 0 Å². The average Bonchev–Trinajstić information content (AvgIpc) is 2.99. The fourth-order valence-corrected chi connectivity index (χ4v) is 3.74. The molecule has 23 heavy (non-hydrogen) atoms. The molecule has 1 saturated heterocycles. The molecule has 2 heterocycles. The Labute approximate surface area is 137 Å².